The first-order valence-corrected chi connectivity index (χ1v) is 8.40. The van der Waals surface area contributed by atoms with E-state index in [4.69, 9.17) is 11.6 Å². The number of carbonyl (C=O) groups is 2. The number of halogens is 1. The molecule has 2 fully saturated rings. The number of likely N-dealkylation sites (tertiary alicyclic amines) is 1. The summed E-state index contributed by atoms with van der Waals surface area (Å²) in [7, 11) is 0. The molecule has 1 saturated carbocycles. The Morgan fingerprint density at radius 2 is 1.86 bits per heavy atom. The third-order valence-corrected chi connectivity index (χ3v) is 5.03. The zero-order chi connectivity index (χ0) is 15.5. The predicted octanol–water partition coefficient (Wildman–Crippen LogP) is 3.46. The van der Waals surface area contributed by atoms with E-state index in [0.29, 0.717) is 29.7 Å². The SMILES string of the molecule is O=C(Nc1ccccc1Cl)C1CCN(C2CCCCC2)C1=O. The normalized spacial score (nSPS) is 22.9. The van der Waals surface area contributed by atoms with Crippen LogP contribution in [0.1, 0.15) is 38.5 Å². The molecule has 5 heteroatoms. The summed E-state index contributed by atoms with van der Waals surface area (Å²) in [5.41, 5.74) is 0.568. The minimum atomic E-state index is -0.571. The Kier molecular flexibility index (Phi) is 4.67. The van der Waals surface area contributed by atoms with Crippen molar-refractivity contribution < 1.29 is 9.59 Å². The van der Waals surface area contributed by atoms with Crippen LogP contribution in [0.15, 0.2) is 24.3 Å². The highest BCUT2D eigenvalue weighted by molar-refractivity contribution is 6.33. The second-order valence-electron chi connectivity index (χ2n) is 6.13. The van der Waals surface area contributed by atoms with Crippen LogP contribution >= 0.6 is 11.6 Å². The highest BCUT2D eigenvalue weighted by Gasteiger charge is 2.40. The minimum Gasteiger partial charge on any atom is -0.339 e. The van der Waals surface area contributed by atoms with Crippen LogP contribution in [-0.4, -0.2) is 29.3 Å². The lowest BCUT2D eigenvalue weighted by Gasteiger charge is -2.31. The lowest BCUT2D eigenvalue weighted by Crippen LogP contribution is -2.40. The maximum atomic E-state index is 12.6. The first kappa shape index (κ1) is 15.3. The number of nitrogens with one attached hydrogen (secondary N) is 1. The molecule has 1 aliphatic heterocycles. The van der Waals surface area contributed by atoms with Gasteiger partial charge in [0, 0.05) is 12.6 Å². The average Bonchev–Trinajstić information content (AvgIpc) is 2.92. The van der Waals surface area contributed by atoms with Gasteiger partial charge < -0.3 is 10.2 Å². The van der Waals surface area contributed by atoms with E-state index in [2.05, 4.69) is 5.32 Å². The Labute approximate surface area is 135 Å². The fourth-order valence-electron chi connectivity index (χ4n) is 3.48. The van der Waals surface area contributed by atoms with E-state index in [-0.39, 0.29) is 11.8 Å². The molecule has 1 aromatic carbocycles. The van der Waals surface area contributed by atoms with E-state index < -0.39 is 5.92 Å². The highest BCUT2D eigenvalue weighted by Crippen LogP contribution is 2.30. The van der Waals surface area contributed by atoms with E-state index in [0.717, 1.165) is 12.8 Å². The molecule has 1 saturated heterocycles. The summed E-state index contributed by atoms with van der Waals surface area (Å²) in [4.78, 5) is 26.9. The number of hydrogen-bond donors (Lipinski definition) is 1. The van der Waals surface area contributed by atoms with Gasteiger partial charge in [-0.1, -0.05) is 43.0 Å². The van der Waals surface area contributed by atoms with Crippen LogP contribution in [0.25, 0.3) is 0 Å². The van der Waals surface area contributed by atoms with Crippen molar-refractivity contribution in [2.45, 2.75) is 44.6 Å². The van der Waals surface area contributed by atoms with Gasteiger partial charge in [-0.3, -0.25) is 9.59 Å². The van der Waals surface area contributed by atoms with Crippen molar-refractivity contribution in [1.29, 1.82) is 0 Å². The van der Waals surface area contributed by atoms with Crippen molar-refractivity contribution in [3.05, 3.63) is 29.3 Å². The lowest BCUT2D eigenvalue weighted by molar-refractivity contribution is -0.137. The number of nitrogens with zero attached hydrogens (tertiary/aromatic N) is 1. The molecular weight excluding hydrogens is 300 g/mol. The molecule has 0 aromatic heterocycles. The molecular formula is C17H21ClN2O2. The van der Waals surface area contributed by atoms with Gasteiger partial charge in [0.25, 0.3) is 0 Å². The molecule has 2 amide bonds. The third kappa shape index (κ3) is 3.12. The number of carbonyl (C=O) groups excluding carboxylic acids is 2. The molecule has 1 aliphatic carbocycles. The molecule has 2 aliphatic rings. The summed E-state index contributed by atoms with van der Waals surface area (Å²) >= 11 is 6.05. The third-order valence-electron chi connectivity index (χ3n) is 4.70. The van der Waals surface area contributed by atoms with Crippen LogP contribution < -0.4 is 5.32 Å². The largest absolute Gasteiger partial charge is 0.339 e. The van der Waals surface area contributed by atoms with Crippen molar-refractivity contribution in [1.82, 2.24) is 4.90 Å². The Bertz CT molecular complexity index is 570. The minimum absolute atomic E-state index is 0.0172. The van der Waals surface area contributed by atoms with E-state index in [1.807, 2.05) is 17.0 Å². The number of benzene rings is 1. The van der Waals surface area contributed by atoms with Crippen LogP contribution in [0.2, 0.25) is 5.02 Å². The van der Waals surface area contributed by atoms with Gasteiger partial charge in [-0.2, -0.15) is 0 Å². The Hall–Kier alpha value is -1.55. The predicted molar refractivity (Wildman–Crippen MR) is 86.8 cm³/mol. The quantitative estimate of drug-likeness (QED) is 0.867. The summed E-state index contributed by atoms with van der Waals surface area (Å²) in [6.45, 7) is 0.699. The molecule has 0 radical (unpaired) electrons. The zero-order valence-corrected chi connectivity index (χ0v) is 13.3. The standard InChI is InChI=1S/C17H21ClN2O2/c18-14-8-4-5-9-15(14)19-16(21)13-10-11-20(17(13)22)12-6-2-1-3-7-12/h4-5,8-9,12-13H,1-3,6-7,10-11H2,(H,19,21). The highest BCUT2D eigenvalue weighted by atomic mass is 35.5. The second-order valence-corrected chi connectivity index (χ2v) is 6.54. The molecule has 0 bridgehead atoms. The lowest BCUT2D eigenvalue weighted by atomic mass is 9.94. The molecule has 0 spiro atoms. The van der Waals surface area contributed by atoms with E-state index in [9.17, 15) is 9.59 Å². The van der Waals surface area contributed by atoms with Gasteiger partial charge in [0.2, 0.25) is 11.8 Å². The maximum absolute atomic E-state index is 12.6. The summed E-state index contributed by atoms with van der Waals surface area (Å²) in [5.74, 6) is -0.828. The van der Waals surface area contributed by atoms with Gasteiger partial charge in [-0.05, 0) is 31.4 Å². The van der Waals surface area contributed by atoms with Gasteiger partial charge in [0.15, 0.2) is 0 Å². The van der Waals surface area contributed by atoms with E-state index in [1.54, 1.807) is 12.1 Å². The summed E-state index contributed by atoms with van der Waals surface area (Å²) in [5, 5.41) is 3.28. The molecule has 1 atom stereocenters. The molecule has 1 unspecified atom stereocenters. The van der Waals surface area contributed by atoms with E-state index in [1.165, 1.54) is 19.3 Å². The van der Waals surface area contributed by atoms with Crippen molar-refractivity contribution in [3.63, 3.8) is 0 Å². The molecule has 22 heavy (non-hydrogen) atoms. The smallest absolute Gasteiger partial charge is 0.237 e. The number of rotatable bonds is 3. The topological polar surface area (TPSA) is 49.4 Å². The number of anilines is 1. The Morgan fingerprint density at radius 1 is 1.14 bits per heavy atom. The molecule has 1 aromatic rings. The van der Waals surface area contributed by atoms with Crippen molar-refractivity contribution in [2.75, 3.05) is 11.9 Å². The molecule has 3 rings (SSSR count). The molecule has 4 nitrogen and oxygen atoms in total. The van der Waals surface area contributed by atoms with Crippen LogP contribution in [0.5, 0.6) is 0 Å². The molecule has 1 N–H and O–H groups in total. The first-order valence-electron chi connectivity index (χ1n) is 8.02. The number of hydrogen-bond acceptors (Lipinski definition) is 2. The van der Waals surface area contributed by atoms with Crippen LogP contribution in [0, 0.1) is 5.92 Å². The monoisotopic (exact) mass is 320 g/mol. The van der Waals surface area contributed by atoms with Gasteiger partial charge in [0.1, 0.15) is 5.92 Å². The van der Waals surface area contributed by atoms with Crippen LogP contribution in [0.4, 0.5) is 5.69 Å². The first-order chi connectivity index (χ1) is 10.7. The Balaban J connectivity index is 1.64. The average molecular weight is 321 g/mol. The molecule has 118 valence electrons. The molecule has 1 heterocycles. The van der Waals surface area contributed by atoms with Gasteiger partial charge in [0.05, 0.1) is 10.7 Å². The second kappa shape index (κ2) is 6.69. The van der Waals surface area contributed by atoms with Gasteiger partial charge >= 0.3 is 0 Å². The van der Waals surface area contributed by atoms with Crippen LogP contribution in [0.3, 0.4) is 0 Å². The van der Waals surface area contributed by atoms with Crippen molar-refractivity contribution >= 4 is 29.1 Å². The Morgan fingerprint density at radius 3 is 2.59 bits per heavy atom. The maximum Gasteiger partial charge on any atom is 0.237 e. The van der Waals surface area contributed by atoms with Crippen molar-refractivity contribution in [2.24, 2.45) is 5.92 Å². The summed E-state index contributed by atoms with van der Waals surface area (Å²) < 4.78 is 0. The number of amides is 2. The van der Waals surface area contributed by atoms with Crippen LogP contribution in [-0.2, 0) is 9.59 Å². The summed E-state index contributed by atoms with van der Waals surface area (Å²) in [6, 6.07) is 7.43. The van der Waals surface area contributed by atoms with Crippen molar-refractivity contribution in [3.8, 4) is 0 Å². The van der Waals surface area contributed by atoms with Gasteiger partial charge in [-0.15, -0.1) is 0 Å². The number of para-hydroxylation sites is 1. The summed E-state index contributed by atoms with van der Waals surface area (Å²) in [6.07, 6.45) is 6.38. The van der Waals surface area contributed by atoms with Gasteiger partial charge in [-0.25, -0.2) is 0 Å². The fourth-order valence-corrected chi connectivity index (χ4v) is 3.67. The van der Waals surface area contributed by atoms with E-state index >= 15 is 0 Å². The fraction of sp³-hybridized carbons (Fsp3) is 0.529. The zero-order valence-electron chi connectivity index (χ0n) is 12.6.